The molecule has 0 aliphatic carbocycles. The fourth-order valence-corrected chi connectivity index (χ4v) is 2.08. The highest BCUT2D eigenvalue weighted by molar-refractivity contribution is 9.10. The van der Waals surface area contributed by atoms with Gasteiger partial charge in [-0.25, -0.2) is 5.43 Å². The predicted octanol–water partition coefficient (Wildman–Crippen LogP) is 2.99. The molecule has 0 aliphatic rings. The second kappa shape index (κ2) is 7.61. The van der Waals surface area contributed by atoms with E-state index < -0.39 is 0 Å². The largest absolute Gasteiger partial charge is 0.507 e. The van der Waals surface area contributed by atoms with Crippen LogP contribution in [0.25, 0.3) is 0 Å². The zero-order valence-corrected chi connectivity index (χ0v) is 13.5. The van der Waals surface area contributed by atoms with E-state index in [-0.39, 0.29) is 18.3 Å². The number of halogens is 1. The van der Waals surface area contributed by atoms with Crippen LogP contribution >= 0.6 is 15.9 Å². The molecule has 0 radical (unpaired) electrons. The smallest absolute Gasteiger partial charge is 0.277 e. The SMILES string of the molecule is Cc1ccccc1OCC(=O)N/N=C\c1cc(Br)ccc1O. The Morgan fingerprint density at radius 3 is 2.91 bits per heavy atom. The van der Waals surface area contributed by atoms with E-state index >= 15 is 0 Å². The minimum Gasteiger partial charge on any atom is -0.507 e. The van der Waals surface area contributed by atoms with Gasteiger partial charge in [-0.1, -0.05) is 34.1 Å². The van der Waals surface area contributed by atoms with Gasteiger partial charge < -0.3 is 9.84 Å². The summed E-state index contributed by atoms with van der Waals surface area (Å²) in [7, 11) is 0. The molecule has 0 atom stereocenters. The van der Waals surface area contributed by atoms with Crippen molar-refractivity contribution in [2.75, 3.05) is 6.61 Å². The summed E-state index contributed by atoms with van der Waals surface area (Å²) in [6.45, 7) is 1.77. The summed E-state index contributed by atoms with van der Waals surface area (Å²) >= 11 is 3.29. The lowest BCUT2D eigenvalue weighted by Gasteiger charge is -2.07. The number of phenols is 1. The lowest BCUT2D eigenvalue weighted by molar-refractivity contribution is -0.123. The van der Waals surface area contributed by atoms with Crippen molar-refractivity contribution < 1.29 is 14.6 Å². The Hall–Kier alpha value is -2.34. The standard InChI is InChI=1S/C16H15BrN2O3/c1-11-4-2-3-5-15(11)22-10-16(21)19-18-9-12-8-13(17)6-7-14(12)20/h2-9,20H,10H2,1H3,(H,19,21)/b18-9-. The summed E-state index contributed by atoms with van der Waals surface area (Å²) in [5, 5.41) is 13.4. The van der Waals surface area contributed by atoms with Crippen molar-refractivity contribution in [1.29, 1.82) is 0 Å². The molecule has 2 aromatic carbocycles. The van der Waals surface area contributed by atoms with Crippen LogP contribution in [-0.2, 0) is 4.79 Å². The Morgan fingerprint density at radius 1 is 1.36 bits per heavy atom. The van der Waals surface area contributed by atoms with E-state index in [1.807, 2.05) is 25.1 Å². The Kier molecular flexibility index (Phi) is 5.55. The fourth-order valence-electron chi connectivity index (χ4n) is 1.70. The molecule has 22 heavy (non-hydrogen) atoms. The van der Waals surface area contributed by atoms with Crippen LogP contribution in [-0.4, -0.2) is 23.8 Å². The van der Waals surface area contributed by atoms with Gasteiger partial charge in [0.05, 0.1) is 6.21 Å². The van der Waals surface area contributed by atoms with Gasteiger partial charge in [-0.15, -0.1) is 0 Å². The molecule has 6 heteroatoms. The van der Waals surface area contributed by atoms with Gasteiger partial charge in [-0.05, 0) is 36.8 Å². The van der Waals surface area contributed by atoms with Crippen LogP contribution in [0.2, 0.25) is 0 Å². The molecule has 0 bridgehead atoms. The maximum Gasteiger partial charge on any atom is 0.277 e. The number of carbonyl (C=O) groups excluding carboxylic acids is 1. The molecule has 0 fully saturated rings. The zero-order valence-electron chi connectivity index (χ0n) is 11.9. The van der Waals surface area contributed by atoms with Crippen molar-refractivity contribution in [1.82, 2.24) is 5.43 Å². The Morgan fingerprint density at radius 2 is 2.14 bits per heavy atom. The molecule has 114 valence electrons. The lowest BCUT2D eigenvalue weighted by Crippen LogP contribution is -2.24. The fraction of sp³-hybridized carbons (Fsp3) is 0.125. The lowest BCUT2D eigenvalue weighted by atomic mass is 10.2. The van der Waals surface area contributed by atoms with E-state index in [4.69, 9.17) is 4.74 Å². The monoisotopic (exact) mass is 362 g/mol. The first kappa shape index (κ1) is 16.0. The molecule has 2 aromatic rings. The summed E-state index contributed by atoms with van der Waals surface area (Å²) in [5.74, 6) is 0.359. The van der Waals surface area contributed by atoms with Gasteiger partial charge in [0, 0.05) is 10.0 Å². The summed E-state index contributed by atoms with van der Waals surface area (Å²) in [6, 6.07) is 12.4. The Labute approximate surface area is 136 Å². The van der Waals surface area contributed by atoms with Crippen molar-refractivity contribution in [2.24, 2.45) is 5.10 Å². The molecule has 0 aromatic heterocycles. The van der Waals surface area contributed by atoms with Crippen molar-refractivity contribution in [3.8, 4) is 11.5 Å². The average Bonchev–Trinajstić information content (AvgIpc) is 2.50. The third-order valence-corrected chi connectivity index (χ3v) is 3.33. The average molecular weight is 363 g/mol. The number of benzene rings is 2. The highest BCUT2D eigenvalue weighted by Gasteiger charge is 2.03. The van der Waals surface area contributed by atoms with Gasteiger partial charge in [0.1, 0.15) is 11.5 Å². The number of aryl methyl sites for hydroxylation is 1. The Bertz CT molecular complexity index is 702. The molecule has 2 N–H and O–H groups in total. The van der Waals surface area contributed by atoms with Crippen LogP contribution < -0.4 is 10.2 Å². The number of hydrogen-bond donors (Lipinski definition) is 2. The van der Waals surface area contributed by atoms with Gasteiger partial charge in [-0.2, -0.15) is 5.10 Å². The molecule has 0 aliphatic heterocycles. The van der Waals surface area contributed by atoms with Crippen molar-refractivity contribution in [2.45, 2.75) is 6.92 Å². The van der Waals surface area contributed by atoms with Gasteiger partial charge >= 0.3 is 0 Å². The van der Waals surface area contributed by atoms with Crippen molar-refractivity contribution >= 4 is 28.1 Å². The molecule has 0 saturated carbocycles. The number of amides is 1. The van der Waals surface area contributed by atoms with E-state index in [1.54, 1.807) is 18.2 Å². The molecule has 5 nitrogen and oxygen atoms in total. The molecular formula is C16H15BrN2O3. The second-order valence-corrected chi connectivity index (χ2v) is 5.47. The van der Waals surface area contributed by atoms with E-state index in [9.17, 15) is 9.90 Å². The summed E-state index contributed by atoms with van der Waals surface area (Å²) in [5.41, 5.74) is 3.80. The third kappa shape index (κ3) is 4.60. The van der Waals surface area contributed by atoms with Crippen LogP contribution in [0.5, 0.6) is 11.5 Å². The predicted molar refractivity (Wildman–Crippen MR) is 88.2 cm³/mol. The number of carbonyl (C=O) groups is 1. The van der Waals surface area contributed by atoms with E-state index in [2.05, 4.69) is 26.5 Å². The zero-order chi connectivity index (χ0) is 15.9. The van der Waals surface area contributed by atoms with Gasteiger partial charge in [0.2, 0.25) is 0 Å². The van der Waals surface area contributed by atoms with Crippen molar-refractivity contribution in [3.05, 3.63) is 58.1 Å². The highest BCUT2D eigenvalue weighted by Crippen LogP contribution is 2.20. The number of aromatic hydroxyl groups is 1. The maximum atomic E-state index is 11.6. The van der Waals surface area contributed by atoms with E-state index in [0.717, 1.165) is 10.0 Å². The summed E-state index contributed by atoms with van der Waals surface area (Å²) < 4.78 is 6.21. The van der Waals surface area contributed by atoms with Crippen LogP contribution in [0.3, 0.4) is 0 Å². The number of nitrogens with zero attached hydrogens (tertiary/aromatic N) is 1. The van der Waals surface area contributed by atoms with E-state index in [0.29, 0.717) is 11.3 Å². The van der Waals surface area contributed by atoms with Gasteiger partial charge in [0.15, 0.2) is 6.61 Å². The van der Waals surface area contributed by atoms with Crippen molar-refractivity contribution in [3.63, 3.8) is 0 Å². The summed E-state index contributed by atoms with van der Waals surface area (Å²) in [4.78, 5) is 11.6. The minimum atomic E-state index is -0.381. The molecular weight excluding hydrogens is 348 g/mol. The number of hydrazone groups is 1. The van der Waals surface area contributed by atoms with Crippen LogP contribution in [0.4, 0.5) is 0 Å². The third-order valence-electron chi connectivity index (χ3n) is 2.83. The first-order chi connectivity index (χ1) is 10.6. The van der Waals surface area contributed by atoms with E-state index in [1.165, 1.54) is 12.3 Å². The number of phenolic OH excluding ortho intramolecular Hbond substituents is 1. The molecule has 0 saturated heterocycles. The molecule has 2 rings (SSSR count). The molecule has 0 heterocycles. The Balaban J connectivity index is 1.86. The summed E-state index contributed by atoms with van der Waals surface area (Å²) in [6.07, 6.45) is 1.37. The first-order valence-corrected chi connectivity index (χ1v) is 7.34. The van der Waals surface area contributed by atoms with Gasteiger partial charge in [0.25, 0.3) is 5.91 Å². The molecule has 0 unspecified atom stereocenters. The van der Waals surface area contributed by atoms with Crippen LogP contribution in [0.1, 0.15) is 11.1 Å². The topological polar surface area (TPSA) is 70.9 Å². The number of ether oxygens (including phenoxy) is 1. The molecule has 1 amide bonds. The number of rotatable bonds is 5. The maximum absolute atomic E-state index is 11.6. The quantitative estimate of drug-likeness (QED) is 0.634. The van der Waals surface area contributed by atoms with Crippen LogP contribution in [0, 0.1) is 6.92 Å². The molecule has 0 spiro atoms. The second-order valence-electron chi connectivity index (χ2n) is 4.55. The number of hydrogen-bond acceptors (Lipinski definition) is 4. The van der Waals surface area contributed by atoms with Gasteiger partial charge in [-0.3, -0.25) is 4.79 Å². The number of para-hydroxylation sites is 1. The first-order valence-electron chi connectivity index (χ1n) is 6.55. The number of nitrogens with one attached hydrogen (secondary N) is 1. The minimum absolute atomic E-state index is 0.0809. The normalized spacial score (nSPS) is 10.6. The highest BCUT2D eigenvalue weighted by atomic mass is 79.9. The van der Waals surface area contributed by atoms with Crippen LogP contribution in [0.15, 0.2) is 52.0 Å².